The first-order valence-electron chi connectivity index (χ1n) is 12.1. The Labute approximate surface area is 222 Å². The number of nitro benzene ring substituents is 1. The molecule has 0 amide bonds. The van der Waals surface area contributed by atoms with Gasteiger partial charge in [0.25, 0.3) is 5.69 Å². The van der Waals surface area contributed by atoms with Crippen molar-refractivity contribution in [2.75, 3.05) is 4.90 Å². The Hall–Kier alpha value is -3.84. The van der Waals surface area contributed by atoms with Gasteiger partial charge in [0.1, 0.15) is 0 Å². The molecule has 2 aliphatic carbocycles. The number of nitro groups is 1. The van der Waals surface area contributed by atoms with Gasteiger partial charge < -0.3 is 4.90 Å². The summed E-state index contributed by atoms with van der Waals surface area (Å²) in [7, 11) is 0. The summed E-state index contributed by atoms with van der Waals surface area (Å²) in [6, 6.07) is 21.7. The second-order valence-corrected chi connectivity index (χ2v) is 11.4. The largest absolute Gasteiger partial charge is 0.313 e. The Kier molecular flexibility index (Phi) is 5.31. The molecular formula is C30H23BrN2O4. The number of fused-ring (bicyclic) bond motifs is 2. The molecule has 0 saturated carbocycles. The Bertz CT molecular complexity index is 1570. The van der Waals surface area contributed by atoms with Crippen LogP contribution in [0.3, 0.4) is 0 Å². The zero-order valence-corrected chi connectivity index (χ0v) is 21.9. The molecule has 0 aromatic heterocycles. The van der Waals surface area contributed by atoms with Crippen molar-refractivity contribution in [2.24, 2.45) is 5.41 Å². The minimum absolute atomic E-state index is 0.00650. The van der Waals surface area contributed by atoms with Gasteiger partial charge in [-0.1, -0.05) is 66.2 Å². The number of ketones is 2. The van der Waals surface area contributed by atoms with E-state index >= 15 is 0 Å². The molecule has 0 spiro atoms. The SMILES string of the molecule is CC1(C)CC(=O)C2=C(C1)N(c1ccc(Br)cc1)C1=C(C(=O)c3ccccc31)C2c1ccc([N+](=O)[O-])cc1. The normalized spacial score (nSPS) is 20.1. The molecule has 0 saturated heterocycles. The van der Waals surface area contributed by atoms with Crippen LogP contribution in [0.25, 0.3) is 5.70 Å². The van der Waals surface area contributed by atoms with Crippen molar-refractivity contribution in [1.29, 1.82) is 0 Å². The Morgan fingerprint density at radius 1 is 0.892 bits per heavy atom. The van der Waals surface area contributed by atoms with Gasteiger partial charge in [-0.25, -0.2) is 0 Å². The van der Waals surface area contributed by atoms with Crippen LogP contribution in [0.15, 0.2) is 94.1 Å². The van der Waals surface area contributed by atoms with Crippen molar-refractivity contribution in [1.82, 2.24) is 0 Å². The first kappa shape index (κ1) is 23.6. The van der Waals surface area contributed by atoms with E-state index in [1.807, 2.05) is 48.5 Å². The van der Waals surface area contributed by atoms with Gasteiger partial charge in [-0.15, -0.1) is 0 Å². The fourth-order valence-corrected chi connectivity index (χ4v) is 6.16. The van der Waals surface area contributed by atoms with Crippen molar-refractivity contribution < 1.29 is 14.5 Å². The lowest BCUT2D eigenvalue weighted by Crippen LogP contribution is -2.39. The molecule has 6 nitrogen and oxygen atoms in total. The summed E-state index contributed by atoms with van der Waals surface area (Å²) in [5.74, 6) is -0.701. The van der Waals surface area contributed by atoms with Crippen LogP contribution in [0.5, 0.6) is 0 Å². The minimum Gasteiger partial charge on any atom is -0.313 e. The molecule has 0 bridgehead atoms. The number of non-ortho nitro benzene ring substituents is 1. The number of hydrogen-bond acceptors (Lipinski definition) is 5. The van der Waals surface area contributed by atoms with Gasteiger partial charge in [0.2, 0.25) is 0 Å². The highest BCUT2D eigenvalue weighted by Crippen LogP contribution is 2.56. The van der Waals surface area contributed by atoms with E-state index < -0.39 is 10.8 Å². The van der Waals surface area contributed by atoms with E-state index in [0.29, 0.717) is 35.1 Å². The molecular weight excluding hydrogens is 532 g/mol. The Morgan fingerprint density at radius 3 is 2.19 bits per heavy atom. The third kappa shape index (κ3) is 3.68. The van der Waals surface area contributed by atoms with Gasteiger partial charge in [0, 0.05) is 62.6 Å². The molecule has 6 rings (SSSR count). The van der Waals surface area contributed by atoms with Crippen molar-refractivity contribution in [3.8, 4) is 0 Å². The lowest BCUT2D eigenvalue weighted by Gasteiger charge is -2.44. The molecule has 184 valence electrons. The zero-order chi connectivity index (χ0) is 26.1. The molecule has 3 aliphatic rings. The van der Waals surface area contributed by atoms with Crippen LogP contribution in [0.2, 0.25) is 0 Å². The summed E-state index contributed by atoms with van der Waals surface area (Å²) in [6.45, 7) is 4.18. The van der Waals surface area contributed by atoms with Gasteiger partial charge >= 0.3 is 0 Å². The van der Waals surface area contributed by atoms with Crippen LogP contribution >= 0.6 is 15.9 Å². The summed E-state index contributed by atoms with van der Waals surface area (Å²) in [4.78, 5) is 40.8. The number of benzene rings is 3. The van der Waals surface area contributed by atoms with Gasteiger partial charge in [0.15, 0.2) is 11.6 Å². The Balaban J connectivity index is 1.67. The number of nitrogens with zero attached hydrogens (tertiary/aromatic N) is 2. The van der Waals surface area contributed by atoms with Gasteiger partial charge in [-0.05, 0) is 41.7 Å². The van der Waals surface area contributed by atoms with E-state index in [9.17, 15) is 19.7 Å². The van der Waals surface area contributed by atoms with E-state index in [0.717, 1.165) is 27.1 Å². The van der Waals surface area contributed by atoms with Gasteiger partial charge in [-0.3, -0.25) is 19.7 Å². The molecule has 0 N–H and O–H groups in total. The monoisotopic (exact) mass is 554 g/mol. The standard InChI is InChI=1S/C30H23BrN2O4/c1-30(2)15-23-26(24(34)16-30)25(17-7-11-20(12-8-17)33(36)37)27-28(21-5-3-4-6-22(21)29(27)35)32(23)19-13-9-18(31)10-14-19/h3-14,25H,15-16H2,1-2H3. The number of allylic oxidation sites excluding steroid dienone is 3. The average Bonchev–Trinajstić information content (AvgIpc) is 3.15. The average molecular weight is 555 g/mol. The van der Waals surface area contributed by atoms with Crippen LogP contribution in [-0.2, 0) is 4.79 Å². The fourth-order valence-electron chi connectivity index (χ4n) is 5.90. The summed E-state index contributed by atoms with van der Waals surface area (Å²) >= 11 is 3.52. The molecule has 3 aromatic rings. The van der Waals surface area contributed by atoms with Crippen LogP contribution in [0.1, 0.15) is 54.1 Å². The smallest absolute Gasteiger partial charge is 0.269 e. The quantitative estimate of drug-likeness (QED) is 0.252. The molecule has 0 fully saturated rings. The molecule has 1 unspecified atom stereocenters. The van der Waals surface area contributed by atoms with Crippen molar-refractivity contribution >= 4 is 44.6 Å². The third-order valence-corrected chi connectivity index (χ3v) is 7.94. The van der Waals surface area contributed by atoms with E-state index in [-0.39, 0.29) is 22.7 Å². The molecule has 1 heterocycles. The van der Waals surface area contributed by atoms with Crippen LogP contribution in [-0.4, -0.2) is 16.5 Å². The second kappa shape index (κ2) is 8.35. The van der Waals surface area contributed by atoms with Crippen molar-refractivity contribution in [3.05, 3.63) is 121 Å². The summed E-state index contributed by atoms with van der Waals surface area (Å²) < 4.78 is 0.934. The van der Waals surface area contributed by atoms with E-state index in [1.54, 1.807) is 12.1 Å². The maximum absolute atomic E-state index is 14.0. The maximum Gasteiger partial charge on any atom is 0.269 e. The molecule has 1 aliphatic heterocycles. The van der Waals surface area contributed by atoms with E-state index in [1.165, 1.54) is 12.1 Å². The first-order chi connectivity index (χ1) is 17.7. The number of anilines is 1. The minimum atomic E-state index is -0.596. The van der Waals surface area contributed by atoms with Crippen LogP contribution in [0, 0.1) is 15.5 Å². The second-order valence-electron chi connectivity index (χ2n) is 10.5. The van der Waals surface area contributed by atoms with Crippen molar-refractivity contribution in [2.45, 2.75) is 32.6 Å². The predicted molar refractivity (Wildman–Crippen MR) is 145 cm³/mol. The molecule has 3 aromatic carbocycles. The summed E-state index contributed by atoms with van der Waals surface area (Å²) in [6.07, 6.45) is 1.02. The van der Waals surface area contributed by atoms with Crippen molar-refractivity contribution in [3.63, 3.8) is 0 Å². The number of carbonyl (C=O) groups excluding carboxylic acids is 2. The number of carbonyl (C=O) groups is 2. The number of hydrogen-bond donors (Lipinski definition) is 0. The third-order valence-electron chi connectivity index (χ3n) is 7.42. The molecule has 1 atom stereocenters. The first-order valence-corrected chi connectivity index (χ1v) is 12.9. The summed E-state index contributed by atoms with van der Waals surface area (Å²) in [5, 5.41) is 11.3. The number of rotatable bonds is 3. The van der Waals surface area contributed by atoms with E-state index in [4.69, 9.17) is 0 Å². The van der Waals surface area contributed by atoms with Gasteiger partial charge in [-0.2, -0.15) is 0 Å². The lowest BCUT2D eigenvalue weighted by molar-refractivity contribution is -0.384. The molecule has 0 radical (unpaired) electrons. The number of halogens is 1. The predicted octanol–water partition coefficient (Wildman–Crippen LogP) is 7.21. The highest BCUT2D eigenvalue weighted by molar-refractivity contribution is 9.10. The maximum atomic E-state index is 14.0. The molecule has 37 heavy (non-hydrogen) atoms. The lowest BCUT2D eigenvalue weighted by atomic mass is 9.68. The van der Waals surface area contributed by atoms with Crippen LogP contribution < -0.4 is 4.90 Å². The summed E-state index contributed by atoms with van der Waals surface area (Å²) in [5.41, 5.74) is 5.55. The highest BCUT2D eigenvalue weighted by Gasteiger charge is 2.49. The fraction of sp³-hybridized carbons (Fsp3) is 0.200. The molecule has 7 heteroatoms. The highest BCUT2D eigenvalue weighted by atomic mass is 79.9. The van der Waals surface area contributed by atoms with Gasteiger partial charge in [0.05, 0.1) is 10.6 Å². The van der Waals surface area contributed by atoms with E-state index in [2.05, 4.69) is 34.7 Å². The zero-order valence-electron chi connectivity index (χ0n) is 20.3. The van der Waals surface area contributed by atoms with Crippen LogP contribution in [0.4, 0.5) is 11.4 Å². The number of Topliss-reactive ketones (excluding diaryl/α,β-unsaturated/α-hetero) is 2. The topological polar surface area (TPSA) is 80.5 Å². The Morgan fingerprint density at radius 2 is 1.54 bits per heavy atom.